The van der Waals surface area contributed by atoms with Crippen LogP contribution in [0.3, 0.4) is 0 Å². The second kappa shape index (κ2) is 4.72. The van der Waals surface area contributed by atoms with Crippen molar-refractivity contribution in [2.24, 2.45) is 45.8 Å². The fourth-order valence-electron chi connectivity index (χ4n) is 7.66. The Balaban J connectivity index is 2.03. The fraction of sp³-hybridized carbons (Fsp3) is 0.800. The number of aliphatic hydroxyl groups is 1. The average Bonchev–Trinajstić information content (AvgIpc) is 3.11. The van der Waals surface area contributed by atoms with Crippen LogP contribution in [-0.4, -0.2) is 29.1 Å². The van der Waals surface area contributed by atoms with Gasteiger partial charge >= 0.3 is 5.97 Å². The molecule has 4 heteroatoms. The molecule has 4 aliphatic rings. The first kappa shape index (κ1) is 16.3. The Labute approximate surface area is 143 Å². The molecule has 2 N–H and O–H groups in total. The van der Waals surface area contributed by atoms with Crippen molar-refractivity contribution in [3.05, 3.63) is 11.6 Å². The fourth-order valence-corrected chi connectivity index (χ4v) is 7.66. The molecule has 0 aromatic carbocycles. The Morgan fingerprint density at radius 1 is 1.38 bits per heavy atom. The smallest absolute Gasteiger partial charge is 0.315 e. The Kier molecular flexibility index (Phi) is 3.21. The number of rotatable bonds is 4. The average molecular weight is 332 g/mol. The molecule has 4 bridgehead atoms. The summed E-state index contributed by atoms with van der Waals surface area (Å²) in [4.78, 5) is 25.3. The van der Waals surface area contributed by atoms with Crippen LogP contribution in [0.2, 0.25) is 0 Å². The molecule has 4 nitrogen and oxygen atoms in total. The van der Waals surface area contributed by atoms with Gasteiger partial charge in [-0.1, -0.05) is 38.8 Å². The largest absolute Gasteiger partial charge is 0.481 e. The first-order valence-electron chi connectivity index (χ1n) is 9.35. The number of carbonyl (C=O) groups excluding carboxylic acids is 1. The summed E-state index contributed by atoms with van der Waals surface area (Å²) >= 11 is 0. The summed E-state index contributed by atoms with van der Waals surface area (Å²) in [5, 5.41) is 20.9. The van der Waals surface area contributed by atoms with Crippen LogP contribution in [0.15, 0.2) is 11.6 Å². The third-order valence-electron chi connectivity index (χ3n) is 8.40. The van der Waals surface area contributed by atoms with Crippen molar-refractivity contribution in [3.63, 3.8) is 0 Å². The van der Waals surface area contributed by atoms with Crippen LogP contribution in [0.1, 0.15) is 46.5 Å². The predicted molar refractivity (Wildman–Crippen MR) is 89.1 cm³/mol. The summed E-state index contributed by atoms with van der Waals surface area (Å²) in [6.07, 6.45) is 6.47. The number of carbonyl (C=O) groups is 2. The lowest BCUT2D eigenvalue weighted by atomic mass is 9.43. The van der Waals surface area contributed by atoms with E-state index in [4.69, 9.17) is 0 Å². The van der Waals surface area contributed by atoms with Gasteiger partial charge in [0.2, 0.25) is 0 Å². The maximum atomic E-state index is 12.8. The first-order valence-corrected chi connectivity index (χ1v) is 9.35. The van der Waals surface area contributed by atoms with E-state index < -0.39 is 22.2 Å². The van der Waals surface area contributed by atoms with E-state index in [1.807, 2.05) is 13.8 Å². The molecule has 0 spiro atoms. The third-order valence-corrected chi connectivity index (χ3v) is 8.40. The lowest BCUT2D eigenvalue weighted by Crippen LogP contribution is -2.63. The van der Waals surface area contributed by atoms with Gasteiger partial charge in [0.1, 0.15) is 11.7 Å². The van der Waals surface area contributed by atoms with Gasteiger partial charge in [-0.05, 0) is 48.9 Å². The highest BCUT2D eigenvalue weighted by atomic mass is 16.4. The van der Waals surface area contributed by atoms with Gasteiger partial charge in [0.15, 0.2) is 0 Å². The number of carboxylic acids is 1. The van der Waals surface area contributed by atoms with Crippen molar-refractivity contribution >= 4 is 12.3 Å². The number of hydrogen-bond donors (Lipinski definition) is 2. The van der Waals surface area contributed by atoms with E-state index in [0.717, 1.165) is 31.1 Å². The zero-order valence-electron chi connectivity index (χ0n) is 14.8. The molecule has 0 radical (unpaired) electrons. The highest BCUT2D eigenvalue weighted by molar-refractivity contribution is 5.90. The van der Waals surface area contributed by atoms with Crippen molar-refractivity contribution in [1.82, 2.24) is 0 Å². The van der Waals surface area contributed by atoms with E-state index >= 15 is 0 Å². The van der Waals surface area contributed by atoms with Crippen LogP contribution in [-0.2, 0) is 9.59 Å². The molecule has 4 aliphatic carbocycles. The quantitative estimate of drug-likeness (QED) is 0.613. The first-order chi connectivity index (χ1) is 11.3. The lowest BCUT2D eigenvalue weighted by molar-refractivity contribution is -0.184. The number of fused-ring (bicyclic) bond motifs is 2. The number of aliphatic hydroxyl groups excluding tert-OH is 1. The number of hydrogen-bond acceptors (Lipinski definition) is 3. The topological polar surface area (TPSA) is 74.6 Å². The number of carboxylic acid groups (broad SMARTS) is 1. The summed E-state index contributed by atoms with van der Waals surface area (Å²) in [5.41, 5.74) is -1.85. The molecule has 0 aliphatic heterocycles. The minimum Gasteiger partial charge on any atom is -0.481 e. The van der Waals surface area contributed by atoms with Crippen molar-refractivity contribution in [1.29, 1.82) is 0 Å². The summed E-state index contributed by atoms with van der Waals surface area (Å²) in [6.45, 7) is 6.13. The molecule has 0 amide bonds. The molecule has 0 aromatic rings. The zero-order chi connectivity index (χ0) is 17.5. The van der Waals surface area contributed by atoms with E-state index in [1.165, 1.54) is 0 Å². The van der Waals surface area contributed by atoms with Crippen LogP contribution in [0.4, 0.5) is 0 Å². The molecule has 7 atom stereocenters. The molecule has 0 heterocycles. The molecule has 4 rings (SSSR count). The van der Waals surface area contributed by atoms with Gasteiger partial charge in [-0.25, -0.2) is 0 Å². The molecule has 132 valence electrons. The highest BCUT2D eigenvalue weighted by Gasteiger charge is 2.84. The van der Waals surface area contributed by atoms with Gasteiger partial charge in [-0.2, -0.15) is 0 Å². The Morgan fingerprint density at radius 2 is 2.08 bits per heavy atom. The maximum absolute atomic E-state index is 12.8. The summed E-state index contributed by atoms with van der Waals surface area (Å²) in [7, 11) is 0. The molecule has 0 saturated heterocycles. The SMILES string of the molecule is CC(C)C1=CC2CC3(C=O)[C@@H]4CC[C@@H](C)[C@H]4CC2(CO)C13C(=O)O. The minimum atomic E-state index is -1.21. The van der Waals surface area contributed by atoms with Crippen LogP contribution in [0, 0.1) is 45.8 Å². The Bertz CT molecular complexity index is 638. The van der Waals surface area contributed by atoms with E-state index in [-0.39, 0.29) is 24.4 Å². The van der Waals surface area contributed by atoms with Gasteiger partial charge in [0.25, 0.3) is 0 Å². The summed E-state index contributed by atoms with van der Waals surface area (Å²) in [5.74, 6) is 0.215. The van der Waals surface area contributed by atoms with E-state index in [9.17, 15) is 19.8 Å². The van der Waals surface area contributed by atoms with Gasteiger partial charge in [0, 0.05) is 5.41 Å². The Morgan fingerprint density at radius 3 is 2.62 bits per heavy atom. The molecule has 24 heavy (non-hydrogen) atoms. The number of allylic oxidation sites excluding steroid dienone is 1. The zero-order valence-corrected chi connectivity index (χ0v) is 14.8. The standard InChI is InChI=1S/C20H28O4/c1-11(2)16-6-13-7-19(10-22)15-5-4-12(3)14(15)8-18(13,9-21)20(16,19)17(23)24/h6,10-15,21H,4-5,7-9H2,1-3H3,(H,23,24)/t12-,13?,14-,15-,18?,19?,20?/m1/s1. The molecule has 3 saturated carbocycles. The second-order valence-corrected chi connectivity index (χ2v) is 9.14. The monoisotopic (exact) mass is 332 g/mol. The van der Waals surface area contributed by atoms with Gasteiger partial charge < -0.3 is 15.0 Å². The highest BCUT2D eigenvalue weighted by Crippen LogP contribution is 2.82. The van der Waals surface area contributed by atoms with Crippen LogP contribution in [0.25, 0.3) is 0 Å². The van der Waals surface area contributed by atoms with Crippen LogP contribution in [0.5, 0.6) is 0 Å². The van der Waals surface area contributed by atoms with E-state index in [1.54, 1.807) is 0 Å². The van der Waals surface area contributed by atoms with Gasteiger partial charge in [-0.15, -0.1) is 0 Å². The third kappa shape index (κ3) is 1.35. The van der Waals surface area contributed by atoms with Gasteiger partial charge in [-0.3, -0.25) is 4.79 Å². The van der Waals surface area contributed by atoms with Crippen LogP contribution >= 0.6 is 0 Å². The summed E-state index contributed by atoms with van der Waals surface area (Å²) in [6, 6.07) is 0. The van der Waals surface area contributed by atoms with Crippen LogP contribution < -0.4 is 0 Å². The number of aldehydes is 1. The minimum absolute atomic E-state index is 0.0130. The van der Waals surface area contributed by atoms with Gasteiger partial charge in [0.05, 0.1) is 12.0 Å². The van der Waals surface area contributed by atoms with Crippen molar-refractivity contribution in [2.75, 3.05) is 6.61 Å². The van der Waals surface area contributed by atoms with E-state index in [0.29, 0.717) is 18.3 Å². The molecule has 0 aromatic heterocycles. The molecule has 4 unspecified atom stereocenters. The normalized spacial score (nSPS) is 51.6. The maximum Gasteiger partial charge on any atom is 0.315 e. The molecule has 3 fully saturated rings. The van der Waals surface area contributed by atoms with Crippen molar-refractivity contribution in [2.45, 2.75) is 46.5 Å². The molecular formula is C20H28O4. The van der Waals surface area contributed by atoms with E-state index in [2.05, 4.69) is 13.0 Å². The number of aliphatic carboxylic acids is 1. The van der Waals surface area contributed by atoms with Crippen molar-refractivity contribution < 1.29 is 19.8 Å². The lowest BCUT2D eigenvalue weighted by Gasteiger charge is -2.58. The van der Waals surface area contributed by atoms with Crippen molar-refractivity contribution in [3.8, 4) is 0 Å². The predicted octanol–water partition coefficient (Wildman–Crippen LogP) is 2.90. The second-order valence-electron chi connectivity index (χ2n) is 9.14. The Hall–Kier alpha value is -1.16. The summed E-state index contributed by atoms with van der Waals surface area (Å²) < 4.78 is 0. The molecular weight excluding hydrogens is 304 g/mol.